The number of carbonyl (C=O) groups is 3. The quantitative estimate of drug-likeness (QED) is 0.504. The fourth-order valence-electron chi connectivity index (χ4n) is 1.53. The molecule has 0 rings (SSSR count). The minimum absolute atomic E-state index is 0.00711. The third-order valence-corrected chi connectivity index (χ3v) is 2.88. The molecule has 0 aromatic heterocycles. The Balaban J connectivity index is 4.30. The number of aliphatic carboxylic acids is 1. The number of carbonyl (C=O) groups excluding carboxylic acids is 2. The zero-order chi connectivity index (χ0) is 14.8. The zero-order valence-corrected chi connectivity index (χ0v) is 11.3. The van der Waals surface area contributed by atoms with Crippen molar-refractivity contribution in [2.24, 2.45) is 11.7 Å². The maximum Gasteiger partial charge on any atom is 0.326 e. The highest BCUT2D eigenvalue weighted by atomic mass is 16.5. The second kappa shape index (κ2) is 9.32. The molecule has 1 amide bonds. The first-order valence-electron chi connectivity index (χ1n) is 6.23. The van der Waals surface area contributed by atoms with Gasteiger partial charge in [-0.25, -0.2) is 4.79 Å². The van der Waals surface area contributed by atoms with E-state index in [4.69, 9.17) is 10.8 Å². The zero-order valence-electron chi connectivity index (χ0n) is 11.3. The molecule has 110 valence electrons. The maximum atomic E-state index is 11.7. The van der Waals surface area contributed by atoms with Crippen LogP contribution in [0.15, 0.2) is 0 Å². The number of ether oxygens (including phenoxy) is 1. The van der Waals surface area contributed by atoms with Crippen molar-refractivity contribution in [3.8, 4) is 0 Å². The molecule has 0 fully saturated rings. The summed E-state index contributed by atoms with van der Waals surface area (Å²) in [6.07, 6.45) is 0.897. The van der Waals surface area contributed by atoms with Crippen LogP contribution < -0.4 is 11.1 Å². The molecule has 0 bridgehead atoms. The molecule has 0 aliphatic rings. The molecule has 19 heavy (non-hydrogen) atoms. The van der Waals surface area contributed by atoms with Gasteiger partial charge in [0.15, 0.2) is 0 Å². The Morgan fingerprint density at radius 3 is 2.42 bits per heavy atom. The number of esters is 1. The Kier molecular flexibility index (Phi) is 8.52. The molecular formula is C12H22N2O5. The third-order valence-electron chi connectivity index (χ3n) is 2.88. The summed E-state index contributed by atoms with van der Waals surface area (Å²) in [6.45, 7) is 2.29. The van der Waals surface area contributed by atoms with Crippen LogP contribution in [0, 0.1) is 5.92 Å². The van der Waals surface area contributed by atoms with Crippen molar-refractivity contribution in [3.05, 3.63) is 0 Å². The van der Waals surface area contributed by atoms with Gasteiger partial charge in [-0.2, -0.15) is 0 Å². The molecule has 0 radical (unpaired) electrons. The van der Waals surface area contributed by atoms with Crippen LogP contribution in [-0.2, 0) is 19.1 Å². The first-order valence-corrected chi connectivity index (χ1v) is 6.23. The lowest BCUT2D eigenvalue weighted by molar-refractivity contribution is -0.144. The van der Waals surface area contributed by atoms with Crippen LogP contribution in [0.25, 0.3) is 0 Å². The average Bonchev–Trinajstić information content (AvgIpc) is 2.39. The van der Waals surface area contributed by atoms with Crippen molar-refractivity contribution >= 4 is 17.8 Å². The number of rotatable bonds is 9. The van der Waals surface area contributed by atoms with E-state index in [1.807, 2.05) is 6.92 Å². The van der Waals surface area contributed by atoms with Gasteiger partial charge < -0.3 is 20.9 Å². The average molecular weight is 274 g/mol. The van der Waals surface area contributed by atoms with E-state index in [2.05, 4.69) is 10.1 Å². The highest BCUT2D eigenvalue weighted by Crippen LogP contribution is 2.07. The fraction of sp³-hybridized carbons (Fsp3) is 0.750. The van der Waals surface area contributed by atoms with Crippen LogP contribution in [0.4, 0.5) is 0 Å². The molecular weight excluding hydrogens is 252 g/mol. The highest BCUT2D eigenvalue weighted by Gasteiger charge is 2.22. The Morgan fingerprint density at radius 2 is 2.00 bits per heavy atom. The minimum atomic E-state index is -1.17. The number of hydrogen-bond acceptors (Lipinski definition) is 5. The van der Waals surface area contributed by atoms with E-state index in [0.717, 1.165) is 6.42 Å². The van der Waals surface area contributed by atoms with Crippen molar-refractivity contribution < 1.29 is 24.2 Å². The summed E-state index contributed by atoms with van der Waals surface area (Å²) < 4.78 is 4.42. The van der Waals surface area contributed by atoms with Crippen LogP contribution >= 0.6 is 0 Å². The van der Waals surface area contributed by atoms with Gasteiger partial charge in [-0.3, -0.25) is 9.59 Å². The largest absolute Gasteiger partial charge is 0.480 e. The van der Waals surface area contributed by atoms with Gasteiger partial charge in [-0.1, -0.05) is 13.3 Å². The minimum Gasteiger partial charge on any atom is -0.480 e. The lowest BCUT2D eigenvalue weighted by atomic mass is 10.0. The van der Waals surface area contributed by atoms with E-state index in [9.17, 15) is 14.4 Å². The van der Waals surface area contributed by atoms with Gasteiger partial charge in [0, 0.05) is 12.8 Å². The molecule has 1 unspecified atom stereocenters. The van der Waals surface area contributed by atoms with E-state index < -0.39 is 18.0 Å². The molecule has 2 atom stereocenters. The van der Waals surface area contributed by atoms with Crippen molar-refractivity contribution in [2.45, 2.75) is 38.6 Å². The van der Waals surface area contributed by atoms with Gasteiger partial charge >= 0.3 is 11.9 Å². The number of carboxylic acids is 1. The van der Waals surface area contributed by atoms with Gasteiger partial charge in [-0.05, 0) is 18.9 Å². The van der Waals surface area contributed by atoms with Crippen molar-refractivity contribution in [2.75, 3.05) is 13.7 Å². The highest BCUT2D eigenvalue weighted by molar-refractivity contribution is 5.84. The van der Waals surface area contributed by atoms with E-state index >= 15 is 0 Å². The summed E-state index contributed by atoms with van der Waals surface area (Å²) in [4.78, 5) is 33.6. The molecule has 0 aliphatic heterocycles. The van der Waals surface area contributed by atoms with Crippen LogP contribution in [0.1, 0.15) is 32.6 Å². The molecule has 0 aliphatic carbocycles. The number of nitrogens with two attached hydrogens (primary N) is 1. The molecule has 0 saturated heterocycles. The van der Waals surface area contributed by atoms with E-state index in [1.165, 1.54) is 7.11 Å². The number of methoxy groups -OCH3 is 1. The van der Waals surface area contributed by atoms with Crippen LogP contribution in [0.5, 0.6) is 0 Å². The molecule has 7 nitrogen and oxygen atoms in total. The van der Waals surface area contributed by atoms with Crippen molar-refractivity contribution in [3.63, 3.8) is 0 Å². The molecule has 0 aromatic carbocycles. The first kappa shape index (κ1) is 17.4. The standard InChI is InChI=1S/C12H22N2O5/c1-3-8(7-13)6-10(15)14-9(12(17)18)4-5-11(16)19-2/h8-9H,3-7,13H2,1-2H3,(H,14,15)(H,17,18)/t8?,9-/m0/s1. The predicted octanol–water partition coefficient (Wildman–Crippen LogP) is -0.116. The topological polar surface area (TPSA) is 119 Å². The molecule has 0 heterocycles. The molecule has 0 spiro atoms. The summed E-state index contributed by atoms with van der Waals surface area (Å²) in [6, 6.07) is -1.08. The maximum absolute atomic E-state index is 11.7. The van der Waals surface area contributed by atoms with Crippen molar-refractivity contribution in [1.82, 2.24) is 5.32 Å². The SMILES string of the molecule is CCC(CN)CC(=O)N[C@@H](CCC(=O)OC)C(=O)O. The lowest BCUT2D eigenvalue weighted by Crippen LogP contribution is -2.42. The summed E-state index contributed by atoms with van der Waals surface area (Å²) in [5.74, 6) is -2.00. The van der Waals surface area contributed by atoms with Crippen LogP contribution in [0.2, 0.25) is 0 Å². The molecule has 4 N–H and O–H groups in total. The number of hydrogen-bond donors (Lipinski definition) is 3. The van der Waals surface area contributed by atoms with Crippen LogP contribution in [0.3, 0.4) is 0 Å². The number of amides is 1. The van der Waals surface area contributed by atoms with E-state index in [0.29, 0.717) is 6.54 Å². The second-order valence-corrected chi connectivity index (χ2v) is 4.29. The molecule has 0 aromatic rings. The molecule has 0 saturated carbocycles. The first-order chi connectivity index (χ1) is 8.94. The summed E-state index contributed by atoms with van der Waals surface area (Å²) >= 11 is 0. The van der Waals surface area contributed by atoms with Crippen LogP contribution in [-0.4, -0.2) is 42.6 Å². The normalized spacial score (nSPS) is 13.4. The monoisotopic (exact) mass is 274 g/mol. The Labute approximate surface area is 112 Å². The summed E-state index contributed by atoms with van der Waals surface area (Å²) in [5, 5.41) is 11.4. The lowest BCUT2D eigenvalue weighted by Gasteiger charge is -2.16. The summed E-state index contributed by atoms with van der Waals surface area (Å²) in [7, 11) is 1.23. The Morgan fingerprint density at radius 1 is 1.37 bits per heavy atom. The Hall–Kier alpha value is -1.63. The smallest absolute Gasteiger partial charge is 0.326 e. The fourth-order valence-corrected chi connectivity index (χ4v) is 1.53. The summed E-state index contributed by atoms with van der Waals surface area (Å²) in [5.41, 5.74) is 5.48. The number of nitrogens with one attached hydrogen (secondary N) is 1. The van der Waals surface area contributed by atoms with E-state index in [1.54, 1.807) is 0 Å². The van der Waals surface area contributed by atoms with Gasteiger partial charge in [0.1, 0.15) is 6.04 Å². The van der Waals surface area contributed by atoms with Crippen molar-refractivity contribution in [1.29, 1.82) is 0 Å². The van der Waals surface area contributed by atoms with E-state index in [-0.39, 0.29) is 31.1 Å². The van der Waals surface area contributed by atoms with Gasteiger partial charge in [0.05, 0.1) is 7.11 Å². The Bertz CT molecular complexity index is 315. The molecule has 7 heteroatoms. The third kappa shape index (κ3) is 7.40. The van der Waals surface area contributed by atoms with Gasteiger partial charge in [0.25, 0.3) is 0 Å². The predicted molar refractivity (Wildman–Crippen MR) is 68.3 cm³/mol. The second-order valence-electron chi connectivity index (χ2n) is 4.29. The number of carboxylic acid groups (broad SMARTS) is 1. The van der Waals surface area contributed by atoms with Gasteiger partial charge in [-0.15, -0.1) is 0 Å². The van der Waals surface area contributed by atoms with Gasteiger partial charge in [0.2, 0.25) is 5.91 Å².